The first-order valence-corrected chi connectivity index (χ1v) is 8.16. The summed E-state index contributed by atoms with van der Waals surface area (Å²) in [5.74, 6) is 0. The maximum Gasteiger partial charge on any atom is 0.215 e. The molecule has 0 bridgehead atoms. The van der Waals surface area contributed by atoms with E-state index in [9.17, 15) is 8.42 Å². The molecule has 0 aromatic heterocycles. The molecule has 0 fully saturated rings. The molecule has 1 unspecified atom stereocenters. The Bertz CT molecular complexity index is 276. The highest BCUT2D eigenvalue weighted by Crippen LogP contribution is 2.01. The van der Waals surface area contributed by atoms with Crippen molar-refractivity contribution in [3.63, 3.8) is 0 Å². The van der Waals surface area contributed by atoms with E-state index in [4.69, 9.17) is 0 Å². The summed E-state index contributed by atoms with van der Waals surface area (Å²) in [6.45, 7) is 8.97. The van der Waals surface area contributed by atoms with Crippen molar-refractivity contribution in [1.82, 2.24) is 10.0 Å². The molecular weight excluding hydrogens is 236 g/mol. The zero-order valence-electron chi connectivity index (χ0n) is 11.6. The summed E-state index contributed by atoms with van der Waals surface area (Å²) in [5.41, 5.74) is 0. The molecule has 0 saturated carbocycles. The van der Waals surface area contributed by atoms with Gasteiger partial charge in [0.1, 0.15) is 0 Å². The van der Waals surface area contributed by atoms with Gasteiger partial charge in [-0.05, 0) is 13.3 Å². The second-order valence-corrected chi connectivity index (χ2v) is 7.06. The van der Waals surface area contributed by atoms with Crippen LogP contribution in [0.4, 0.5) is 0 Å². The third-order valence-corrected chi connectivity index (χ3v) is 4.51. The van der Waals surface area contributed by atoms with Gasteiger partial charge in [-0.1, -0.05) is 40.0 Å². The van der Waals surface area contributed by atoms with Crippen LogP contribution in [0.15, 0.2) is 0 Å². The van der Waals surface area contributed by atoms with Crippen molar-refractivity contribution >= 4 is 10.0 Å². The molecule has 0 heterocycles. The van der Waals surface area contributed by atoms with E-state index in [0.717, 1.165) is 12.8 Å². The molecule has 1 atom stereocenters. The van der Waals surface area contributed by atoms with Crippen LogP contribution in [0.1, 0.15) is 53.4 Å². The fourth-order valence-electron chi connectivity index (χ4n) is 1.42. The van der Waals surface area contributed by atoms with E-state index in [1.807, 2.05) is 13.8 Å². The molecule has 0 aliphatic rings. The van der Waals surface area contributed by atoms with Crippen LogP contribution >= 0.6 is 0 Å². The molecule has 4 nitrogen and oxygen atoms in total. The highest BCUT2D eigenvalue weighted by Gasteiger charge is 2.19. The van der Waals surface area contributed by atoms with Crippen molar-refractivity contribution in [3.05, 3.63) is 0 Å². The number of hydrogen-bond donors (Lipinski definition) is 2. The summed E-state index contributed by atoms with van der Waals surface area (Å²) in [6.07, 6.45) is 4.36. The van der Waals surface area contributed by atoms with Crippen molar-refractivity contribution in [2.45, 2.75) is 64.7 Å². The minimum absolute atomic E-state index is 0.317. The lowest BCUT2D eigenvalue weighted by Crippen LogP contribution is -2.41. The number of sulfonamides is 1. The van der Waals surface area contributed by atoms with E-state index in [1.165, 1.54) is 12.8 Å². The maximum atomic E-state index is 11.8. The number of nitrogens with one attached hydrogen (secondary N) is 2. The number of unbranched alkanes of at least 4 members (excludes halogenated alkanes) is 3. The Balaban J connectivity index is 3.85. The van der Waals surface area contributed by atoms with E-state index >= 15 is 0 Å². The Hall–Kier alpha value is -0.130. The number of rotatable bonds is 10. The van der Waals surface area contributed by atoms with Crippen LogP contribution < -0.4 is 10.0 Å². The molecule has 2 N–H and O–H groups in total. The van der Waals surface area contributed by atoms with Crippen LogP contribution in [0.25, 0.3) is 0 Å². The highest BCUT2D eigenvalue weighted by molar-refractivity contribution is 7.90. The van der Waals surface area contributed by atoms with Crippen molar-refractivity contribution in [1.29, 1.82) is 0 Å². The van der Waals surface area contributed by atoms with Gasteiger partial charge < -0.3 is 5.32 Å². The van der Waals surface area contributed by atoms with Crippen LogP contribution in [-0.4, -0.2) is 32.8 Å². The normalized spacial score (nSPS) is 14.2. The van der Waals surface area contributed by atoms with Crippen molar-refractivity contribution in [2.24, 2.45) is 0 Å². The Kier molecular flexibility index (Phi) is 8.82. The van der Waals surface area contributed by atoms with Crippen molar-refractivity contribution < 1.29 is 8.42 Å². The fraction of sp³-hybridized carbons (Fsp3) is 1.00. The molecule has 0 aromatic carbocycles. The van der Waals surface area contributed by atoms with Gasteiger partial charge in [0.2, 0.25) is 10.0 Å². The molecule has 0 aliphatic heterocycles. The molecule has 0 spiro atoms. The number of hydrogen-bond acceptors (Lipinski definition) is 3. The lowest BCUT2D eigenvalue weighted by molar-refractivity contribution is 0.537. The van der Waals surface area contributed by atoms with Gasteiger partial charge in [-0.15, -0.1) is 0 Å². The summed E-state index contributed by atoms with van der Waals surface area (Å²) in [6, 6.07) is 0.317. The molecule has 0 radical (unpaired) electrons. The predicted octanol–water partition coefficient (Wildman–Crippen LogP) is 1.87. The van der Waals surface area contributed by atoms with Crippen LogP contribution in [0.5, 0.6) is 0 Å². The van der Waals surface area contributed by atoms with E-state index in [-0.39, 0.29) is 5.25 Å². The molecule has 5 heteroatoms. The van der Waals surface area contributed by atoms with Crippen LogP contribution in [0.3, 0.4) is 0 Å². The monoisotopic (exact) mass is 264 g/mol. The Morgan fingerprint density at radius 3 is 2.24 bits per heavy atom. The SMILES string of the molecule is CCCCCCNS(=O)(=O)C(C)CNC(C)C. The minimum atomic E-state index is -3.16. The Morgan fingerprint density at radius 2 is 1.71 bits per heavy atom. The fourth-order valence-corrected chi connectivity index (χ4v) is 2.45. The second kappa shape index (κ2) is 8.89. The summed E-state index contributed by atoms with van der Waals surface area (Å²) in [4.78, 5) is 0. The van der Waals surface area contributed by atoms with Gasteiger partial charge in [-0.3, -0.25) is 0 Å². The molecule has 104 valence electrons. The van der Waals surface area contributed by atoms with Gasteiger partial charge in [-0.2, -0.15) is 0 Å². The lowest BCUT2D eigenvalue weighted by atomic mass is 10.2. The zero-order chi connectivity index (χ0) is 13.3. The van der Waals surface area contributed by atoms with Crippen molar-refractivity contribution in [3.8, 4) is 0 Å². The summed E-state index contributed by atoms with van der Waals surface area (Å²) in [7, 11) is -3.16. The van der Waals surface area contributed by atoms with Crippen LogP contribution in [0, 0.1) is 0 Å². The summed E-state index contributed by atoms with van der Waals surface area (Å²) < 4.78 is 26.3. The average Bonchev–Trinajstić information content (AvgIpc) is 2.25. The molecule has 0 rings (SSSR count). The standard InChI is InChI=1S/C12H28N2O2S/c1-5-6-7-8-9-14-17(15,16)12(4)10-13-11(2)3/h11-14H,5-10H2,1-4H3. The van der Waals surface area contributed by atoms with Gasteiger partial charge in [0.05, 0.1) is 5.25 Å². The van der Waals surface area contributed by atoms with Gasteiger partial charge in [-0.25, -0.2) is 13.1 Å². The van der Waals surface area contributed by atoms with Gasteiger partial charge >= 0.3 is 0 Å². The molecule has 0 aliphatic carbocycles. The third-order valence-electron chi connectivity index (χ3n) is 2.68. The summed E-state index contributed by atoms with van der Waals surface area (Å²) in [5, 5.41) is 2.76. The smallest absolute Gasteiger partial charge is 0.215 e. The van der Waals surface area contributed by atoms with Crippen LogP contribution in [0.2, 0.25) is 0 Å². The van der Waals surface area contributed by atoms with E-state index in [1.54, 1.807) is 6.92 Å². The quantitative estimate of drug-likeness (QED) is 0.592. The van der Waals surface area contributed by atoms with Crippen LogP contribution in [-0.2, 0) is 10.0 Å². The predicted molar refractivity (Wildman–Crippen MR) is 73.7 cm³/mol. The molecule has 17 heavy (non-hydrogen) atoms. The maximum absolute atomic E-state index is 11.8. The third kappa shape index (κ3) is 8.57. The Morgan fingerprint density at radius 1 is 1.06 bits per heavy atom. The first kappa shape index (κ1) is 16.9. The zero-order valence-corrected chi connectivity index (χ0v) is 12.4. The van der Waals surface area contributed by atoms with E-state index in [2.05, 4.69) is 17.0 Å². The van der Waals surface area contributed by atoms with Gasteiger partial charge in [0, 0.05) is 19.1 Å². The summed E-state index contributed by atoms with van der Waals surface area (Å²) >= 11 is 0. The lowest BCUT2D eigenvalue weighted by Gasteiger charge is -2.16. The molecule has 0 aromatic rings. The van der Waals surface area contributed by atoms with Gasteiger partial charge in [0.15, 0.2) is 0 Å². The minimum Gasteiger partial charge on any atom is -0.313 e. The van der Waals surface area contributed by atoms with Crippen molar-refractivity contribution in [2.75, 3.05) is 13.1 Å². The van der Waals surface area contributed by atoms with E-state index < -0.39 is 10.0 Å². The molecule has 0 amide bonds. The highest BCUT2D eigenvalue weighted by atomic mass is 32.2. The first-order valence-electron chi connectivity index (χ1n) is 6.62. The van der Waals surface area contributed by atoms with Gasteiger partial charge in [0.25, 0.3) is 0 Å². The average molecular weight is 264 g/mol. The Labute approximate surface area is 107 Å². The largest absolute Gasteiger partial charge is 0.313 e. The second-order valence-electron chi connectivity index (χ2n) is 4.87. The van der Waals surface area contributed by atoms with E-state index in [0.29, 0.717) is 19.1 Å². The molecular formula is C12H28N2O2S. The molecule has 0 saturated heterocycles. The first-order chi connectivity index (χ1) is 7.90. The topological polar surface area (TPSA) is 58.2 Å².